The zero-order valence-electron chi connectivity index (χ0n) is 23.0. The van der Waals surface area contributed by atoms with Crippen LogP contribution in [-0.2, 0) is 50.1 Å². The van der Waals surface area contributed by atoms with E-state index in [1.54, 1.807) is 0 Å². The van der Waals surface area contributed by atoms with E-state index in [1.807, 2.05) is 121 Å². The van der Waals surface area contributed by atoms with Crippen molar-refractivity contribution in [2.75, 3.05) is 6.61 Å². The number of nitrogens with zero attached hydrogens (tertiary/aromatic N) is 1. The topological polar surface area (TPSA) is 69.9 Å². The fourth-order valence-electron chi connectivity index (χ4n) is 4.89. The summed E-state index contributed by atoms with van der Waals surface area (Å²) in [6.45, 7) is 1.68. The van der Waals surface area contributed by atoms with Gasteiger partial charge in [0.25, 0.3) is 0 Å². The molecule has 6 heteroatoms. The van der Waals surface area contributed by atoms with E-state index in [2.05, 4.69) is 6.07 Å². The fourth-order valence-corrected chi connectivity index (χ4v) is 4.89. The summed E-state index contributed by atoms with van der Waals surface area (Å²) in [5.41, 5.74) is 4.11. The number of hydrogen-bond donors (Lipinski definition) is 0. The van der Waals surface area contributed by atoms with Crippen LogP contribution in [0.25, 0.3) is 0 Å². The summed E-state index contributed by atoms with van der Waals surface area (Å²) < 4.78 is 31.9. The SMILES string of the molecule is N#C[C@@H]1O[C@H](COCc2ccccc2)[C@@H](OCc2ccccc2)[C@H](OCc2ccccc2)[C@H]1OCc1ccccc1. The van der Waals surface area contributed by atoms with E-state index in [9.17, 15) is 5.26 Å². The minimum absolute atomic E-state index is 0.239. The lowest BCUT2D eigenvalue weighted by molar-refractivity contribution is -0.261. The third-order valence-electron chi connectivity index (χ3n) is 7.01. The molecule has 0 N–H and O–H groups in total. The van der Waals surface area contributed by atoms with E-state index < -0.39 is 30.5 Å². The van der Waals surface area contributed by atoms with Gasteiger partial charge < -0.3 is 23.7 Å². The number of nitriles is 1. The van der Waals surface area contributed by atoms with Gasteiger partial charge in [0.15, 0.2) is 6.10 Å². The molecular formula is C35H35NO5. The summed E-state index contributed by atoms with van der Waals surface area (Å²) in [6, 6.07) is 42.1. The molecule has 0 radical (unpaired) electrons. The average molecular weight is 550 g/mol. The van der Waals surface area contributed by atoms with Crippen LogP contribution in [0.4, 0.5) is 0 Å². The zero-order valence-corrected chi connectivity index (χ0v) is 23.0. The molecule has 0 bridgehead atoms. The highest BCUT2D eigenvalue weighted by Crippen LogP contribution is 2.31. The summed E-state index contributed by atoms with van der Waals surface area (Å²) in [4.78, 5) is 0. The first-order valence-electron chi connectivity index (χ1n) is 13.9. The summed E-state index contributed by atoms with van der Waals surface area (Å²) >= 11 is 0. The van der Waals surface area contributed by atoms with Crippen LogP contribution in [0.3, 0.4) is 0 Å². The number of hydrogen-bond acceptors (Lipinski definition) is 6. The summed E-state index contributed by atoms with van der Waals surface area (Å²) in [5.74, 6) is 0. The van der Waals surface area contributed by atoms with E-state index in [0.717, 1.165) is 22.3 Å². The molecule has 0 amide bonds. The highest BCUT2D eigenvalue weighted by molar-refractivity contribution is 5.17. The van der Waals surface area contributed by atoms with Gasteiger partial charge in [-0.1, -0.05) is 121 Å². The molecule has 0 aliphatic carbocycles. The van der Waals surface area contributed by atoms with Crippen molar-refractivity contribution >= 4 is 0 Å². The van der Waals surface area contributed by atoms with Crippen molar-refractivity contribution in [3.8, 4) is 6.07 Å². The maximum absolute atomic E-state index is 10.2. The lowest BCUT2D eigenvalue weighted by atomic mass is 9.94. The Bertz CT molecular complexity index is 1330. The van der Waals surface area contributed by atoms with Gasteiger partial charge in [-0.05, 0) is 22.3 Å². The minimum Gasteiger partial charge on any atom is -0.374 e. The van der Waals surface area contributed by atoms with Gasteiger partial charge in [0.1, 0.15) is 24.4 Å². The number of rotatable bonds is 13. The Morgan fingerprint density at radius 1 is 0.512 bits per heavy atom. The molecule has 0 saturated carbocycles. The lowest BCUT2D eigenvalue weighted by Crippen LogP contribution is -2.60. The van der Waals surface area contributed by atoms with E-state index in [1.165, 1.54) is 0 Å². The van der Waals surface area contributed by atoms with Crippen molar-refractivity contribution in [3.63, 3.8) is 0 Å². The molecule has 0 aromatic heterocycles. The molecule has 1 aliphatic heterocycles. The summed E-state index contributed by atoms with van der Waals surface area (Å²) in [7, 11) is 0. The molecule has 6 nitrogen and oxygen atoms in total. The van der Waals surface area contributed by atoms with E-state index in [0.29, 0.717) is 26.4 Å². The van der Waals surface area contributed by atoms with Crippen molar-refractivity contribution in [3.05, 3.63) is 144 Å². The standard InChI is InChI=1S/C35H35NO5/c36-21-31-33(38-23-28-15-7-2-8-16-28)35(40-25-30-19-11-4-12-20-30)34(39-24-29-17-9-3-10-18-29)32(41-31)26-37-22-27-13-5-1-6-14-27/h1-20,31-35H,22-26H2/t31-,32+,33-,34+,35+/m0/s1. The van der Waals surface area contributed by atoms with E-state index in [4.69, 9.17) is 23.7 Å². The first kappa shape index (κ1) is 28.7. The van der Waals surface area contributed by atoms with Crippen LogP contribution in [0.2, 0.25) is 0 Å². The smallest absolute Gasteiger partial charge is 0.173 e. The Labute approximate surface area is 242 Å². The van der Waals surface area contributed by atoms with Gasteiger partial charge in [-0.3, -0.25) is 0 Å². The van der Waals surface area contributed by atoms with Crippen molar-refractivity contribution in [1.82, 2.24) is 0 Å². The largest absolute Gasteiger partial charge is 0.374 e. The second-order valence-corrected chi connectivity index (χ2v) is 10.0. The van der Waals surface area contributed by atoms with Crippen molar-refractivity contribution < 1.29 is 23.7 Å². The molecule has 5 atom stereocenters. The molecule has 4 aromatic carbocycles. The molecule has 1 heterocycles. The molecule has 1 saturated heterocycles. The predicted octanol–water partition coefficient (Wildman–Crippen LogP) is 6.25. The van der Waals surface area contributed by atoms with Gasteiger partial charge in [-0.2, -0.15) is 5.26 Å². The molecule has 5 rings (SSSR count). The lowest BCUT2D eigenvalue weighted by Gasteiger charge is -2.44. The van der Waals surface area contributed by atoms with Crippen LogP contribution in [0.15, 0.2) is 121 Å². The fraction of sp³-hybridized carbons (Fsp3) is 0.286. The van der Waals surface area contributed by atoms with Gasteiger partial charge in [0, 0.05) is 0 Å². The van der Waals surface area contributed by atoms with Crippen molar-refractivity contribution in [1.29, 1.82) is 5.26 Å². The predicted molar refractivity (Wildman–Crippen MR) is 155 cm³/mol. The first-order valence-corrected chi connectivity index (χ1v) is 13.9. The van der Waals surface area contributed by atoms with Gasteiger partial charge >= 0.3 is 0 Å². The average Bonchev–Trinajstić information content (AvgIpc) is 3.04. The maximum atomic E-state index is 10.2. The summed E-state index contributed by atoms with van der Waals surface area (Å²) in [6.07, 6.45) is -3.19. The van der Waals surface area contributed by atoms with Crippen LogP contribution in [0, 0.1) is 11.3 Å². The van der Waals surface area contributed by atoms with Crippen LogP contribution < -0.4 is 0 Å². The monoisotopic (exact) mass is 549 g/mol. The first-order chi connectivity index (χ1) is 20.3. The summed E-state index contributed by atoms with van der Waals surface area (Å²) in [5, 5.41) is 10.2. The van der Waals surface area contributed by atoms with Gasteiger partial charge in [0.2, 0.25) is 0 Å². The highest BCUT2D eigenvalue weighted by atomic mass is 16.6. The van der Waals surface area contributed by atoms with Crippen LogP contribution in [0.5, 0.6) is 0 Å². The van der Waals surface area contributed by atoms with Crippen LogP contribution in [0.1, 0.15) is 22.3 Å². The van der Waals surface area contributed by atoms with E-state index in [-0.39, 0.29) is 6.61 Å². The Balaban J connectivity index is 1.39. The molecule has 1 fully saturated rings. The minimum atomic E-state index is -0.860. The third kappa shape index (κ3) is 8.34. The Kier molecular flexibility index (Phi) is 10.7. The van der Waals surface area contributed by atoms with E-state index >= 15 is 0 Å². The Morgan fingerprint density at radius 3 is 1.34 bits per heavy atom. The number of benzene rings is 4. The van der Waals surface area contributed by atoms with Crippen molar-refractivity contribution in [2.45, 2.75) is 56.9 Å². The molecule has 1 aliphatic rings. The van der Waals surface area contributed by atoms with Crippen LogP contribution >= 0.6 is 0 Å². The Morgan fingerprint density at radius 2 is 0.902 bits per heavy atom. The second kappa shape index (κ2) is 15.2. The third-order valence-corrected chi connectivity index (χ3v) is 7.01. The maximum Gasteiger partial charge on any atom is 0.173 e. The van der Waals surface area contributed by atoms with Gasteiger partial charge in [-0.25, -0.2) is 0 Å². The molecular weight excluding hydrogens is 514 g/mol. The molecule has 4 aromatic rings. The normalized spacial score (nSPS) is 22.2. The Hall–Kier alpha value is -3.83. The highest BCUT2D eigenvalue weighted by Gasteiger charge is 2.48. The zero-order chi connectivity index (χ0) is 28.1. The molecule has 41 heavy (non-hydrogen) atoms. The molecule has 0 unspecified atom stereocenters. The number of ether oxygens (including phenoxy) is 5. The van der Waals surface area contributed by atoms with Crippen LogP contribution in [-0.4, -0.2) is 37.1 Å². The quantitative estimate of drug-likeness (QED) is 0.196. The molecule has 0 spiro atoms. The van der Waals surface area contributed by atoms with Gasteiger partial charge in [0.05, 0.1) is 39.1 Å². The molecule has 210 valence electrons. The van der Waals surface area contributed by atoms with Gasteiger partial charge in [-0.15, -0.1) is 0 Å². The van der Waals surface area contributed by atoms with Crippen molar-refractivity contribution in [2.24, 2.45) is 0 Å². The second-order valence-electron chi connectivity index (χ2n) is 10.0.